The van der Waals surface area contributed by atoms with Gasteiger partial charge in [-0.15, -0.1) is 0 Å². The van der Waals surface area contributed by atoms with Crippen LogP contribution in [0.1, 0.15) is 38.8 Å². The van der Waals surface area contributed by atoms with E-state index in [1.54, 1.807) is 42.6 Å². The molecule has 3 aromatic heterocycles. The van der Waals surface area contributed by atoms with Crippen LogP contribution >= 0.6 is 0 Å². The van der Waals surface area contributed by atoms with E-state index in [0.29, 0.717) is 51.2 Å². The lowest BCUT2D eigenvalue weighted by molar-refractivity contribution is 0.584. The maximum atomic E-state index is 14.8. The Kier molecular flexibility index (Phi) is 10.5. The van der Waals surface area contributed by atoms with Crippen LogP contribution in [0, 0.1) is 34.6 Å². The normalized spacial score (nSPS) is 13.6. The first-order valence-corrected chi connectivity index (χ1v) is 22.0. The predicted molar refractivity (Wildman–Crippen MR) is 270 cm³/mol. The average molecular weight is 927 g/mol. The summed E-state index contributed by atoms with van der Waals surface area (Å²) in [6, 6.07) is 50.6. The fourth-order valence-electron chi connectivity index (χ4n) is 8.12. The number of halogens is 4. The van der Waals surface area contributed by atoms with Gasteiger partial charge in [0.25, 0.3) is 0 Å². The van der Waals surface area contributed by atoms with Crippen molar-refractivity contribution in [1.29, 1.82) is 5.26 Å². The fraction of sp³-hybridized carbons (Fsp3) is 0.0645. The van der Waals surface area contributed by atoms with Gasteiger partial charge >= 0.3 is 0 Å². The number of pyridine rings is 3. The molecule has 10 rings (SSSR count). The lowest BCUT2D eigenvalue weighted by Gasteiger charge is -2.18. The maximum Gasteiger partial charge on any atom is 0.135 e. The first-order chi connectivity index (χ1) is 37.3. The van der Waals surface area contributed by atoms with E-state index in [2.05, 4.69) is 16.0 Å². The van der Waals surface area contributed by atoms with Gasteiger partial charge in [0.05, 0.1) is 28.7 Å². The zero-order valence-electron chi connectivity index (χ0n) is 44.9. The van der Waals surface area contributed by atoms with E-state index in [1.807, 2.05) is 72.8 Å². The molecule has 3 heterocycles. The summed E-state index contributed by atoms with van der Waals surface area (Å²) in [5.74, 6) is -3.44. The molecule has 338 valence electrons. The van der Waals surface area contributed by atoms with E-state index < -0.39 is 48.8 Å². The van der Waals surface area contributed by atoms with E-state index in [1.165, 1.54) is 48.5 Å². The number of hydrogen-bond acceptors (Lipinski definition) is 4. The number of aromatic nitrogens is 3. The monoisotopic (exact) mass is 926 g/mol. The molecule has 0 saturated carbocycles. The fourth-order valence-corrected chi connectivity index (χ4v) is 8.12. The van der Waals surface area contributed by atoms with Crippen molar-refractivity contribution in [3.05, 3.63) is 258 Å². The zero-order valence-corrected chi connectivity index (χ0v) is 36.9. The number of rotatable bonds is 13. The summed E-state index contributed by atoms with van der Waals surface area (Å²) in [6.45, 7) is 0. The molecule has 8 heteroatoms. The molecule has 0 unspecified atom stereocenters. The Bertz CT molecular complexity index is 3790. The molecule has 0 radical (unpaired) electrons. The maximum absolute atomic E-state index is 14.8. The van der Waals surface area contributed by atoms with Crippen molar-refractivity contribution in [3.63, 3.8) is 0 Å². The minimum Gasteiger partial charge on any atom is -0.256 e. The summed E-state index contributed by atoms with van der Waals surface area (Å²) >= 11 is 0. The zero-order chi connectivity index (χ0) is 55.1. The van der Waals surface area contributed by atoms with Crippen LogP contribution in [0.5, 0.6) is 0 Å². The van der Waals surface area contributed by atoms with Crippen molar-refractivity contribution >= 4 is 0 Å². The number of benzene rings is 7. The Morgan fingerprint density at radius 3 is 1.46 bits per heavy atom. The Labute approximate surface area is 415 Å². The second kappa shape index (κ2) is 20.2. The molecule has 0 atom stereocenters. The van der Waals surface area contributed by atoms with E-state index >= 15 is 0 Å². The van der Waals surface area contributed by atoms with Crippen LogP contribution in [0.25, 0.3) is 78.3 Å². The highest BCUT2D eigenvalue weighted by Crippen LogP contribution is 2.41. The van der Waals surface area contributed by atoms with Gasteiger partial charge in [-0.2, -0.15) is 5.26 Å². The van der Waals surface area contributed by atoms with Gasteiger partial charge in [0.1, 0.15) is 23.3 Å². The summed E-state index contributed by atoms with van der Waals surface area (Å²) in [5.41, 5.74) is 5.45. The summed E-state index contributed by atoms with van der Waals surface area (Å²) in [4.78, 5) is 13.3. The van der Waals surface area contributed by atoms with Crippen LogP contribution in [-0.4, -0.2) is 15.0 Å². The van der Waals surface area contributed by atoms with Crippen molar-refractivity contribution in [2.75, 3.05) is 0 Å². The number of nitriles is 1. The minimum absolute atomic E-state index is 0.0268. The quantitative estimate of drug-likeness (QED) is 0.108. The van der Waals surface area contributed by atoms with Crippen LogP contribution in [0.4, 0.5) is 17.6 Å². The third-order valence-corrected chi connectivity index (χ3v) is 11.6. The van der Waals surface area contributed by atoms with Gasteiger partial charge in [0.15, 0.2) is 0 Å². The summed E-state index contributed by atoms with van der Waals surface area (Å²) in [5, 5.41) is 9.76. The molecule has 70 heavy (non-hydrogen) atoms. The number of nitrogens with zero attached hydrogens (tertiary/aromatic N) is 4. The third-order valence-electron chi connectivity index (χ3n) is 11.6. The van der Waals surface area contributed by atoms with Gasteiger partial charge in [-0.1, -0.05) is 121 Å². The van der Waals surface area contributed by atoms with Gasteiger partial charge in [-0.3, -0.25) is 15.0 Å². The van der Waals surface area contributed by atoms with Crippen molar-refractivity contribution in [2.45, 2.75) is 25.5 Å². The molecule has 0 N–H and O–H groups in total. The molecule has 0 spiro atoms. The Morgan fingerprint density at radius 1 is 0.357 bits per heavy atom. The van der Waals surface area contributed by atoms with Crippen LogP contribution in [0.2, 0.25) is 0 Å². The summed E-state index contributed by atoms with van der Waals surface area (Å²) in [6.07, 6.45) is -8.19. The van der Waals surface area contributed by atoms with Gasteiger partial charge in [-0.05, 0) is 141 Å². The molecular formula is C62H42F4N4. The standard InChI is InChI=1S/C62H42F4N4/c63-50-23-25-54(58(65)33-50)60-27-17-40(37-68-60)13-15-42-29-43(16-14-41-18-28-61(69-38-41)55-26-24-51(64)34-59(55)66)31-49(30-42)52-11-4-5-12-53(52)57-39-70-62(48-10-6-7-44(32-48)36-67)35-56(57)47-21-19-46(20-22-47)45-8-2-1-3-9-45/h1-12,17-35,37-39H,13-16H2/i13D2,14D2,15D2,16D2. The van der Waals surface area contributed by atoms with Gasteiger partial charge in [0.2, 0.25) is 0 Å². The number of hydrogen-bond donors (Lipinski definition) is 0. The average Bonchev–Trinajstić information content (AvgIpc) is 3.60. The largest absolute Gasteiger partial charge is 0.256 e. The molecule has 0 aliphatic carbocycles. The van der Waals surface area contributed by atoms with Crippen LogP contribution in [0.15, 0.2) is 207 Å². The van der Waals surface area contributed by atoms with Crippen LogP contribution in [-0.2, 0) is 25.5 Å². The topological polar surface area (TPSA) is 62.5 Å². The van der Waals surface area contributed by atoms with Gasteiger partial charge in [0, 0.05) is 63.9 Å². The highest BCUT2D eigenvalue weighted by molar-refractivity contribution is 5.93. The van der Waals surface area contributed by atoms with Crippen molar-refractivity contribution in [2.24, 2.45) is 0 Å². The van der Waals surface area contributed by atoms with Crippen molar-refractivity contribution in [3.8, 4) is 84.3 Å². The second-order valence-electron chi connectivity index (χ2n) is 16.2. The Morgan fingerprint density at radius 2 is 0.886 bits per heavy atom. The second-order valence-corrected chi connectivity index (χ2v) is 16.2. The SMILES string of the molecule is [2H]C([2H])(c1ccc(-c2ccc(F)cc2F)nc1)C([2H])([2H])c1cc(-c2ccccc2-c2cnc(-c3cccc(C#N)c3)cc2-c2ccc(-c3ccccc3)cc2)cc(C([2H])([2H])C([2H])([2H])c2ccc(-c3ccc(F)cc3F)nc2)c1. The highest BCUT2D eigenvalue weighted by atomic mass is 19.1. The Hall–Kier alpha value is -8.80. The van der Waals surface area contributed by atoms with E-state index in [-0.39, 0.29) is 50.3 Å². The van der Waals surface area contributed by atoms with Gasteiger partial charge in [-0.25, -0.2) is 17.6 Å². The van der Waals surface area contributed by atoms with Crippen molar-refractivity contribution < 1.29 is 28.5 Å². The van der Waals surface area contributed by atoms with Gasteiger partial charge < -0.3 is 0 Å². The summed E-state index contributed by atoms with van der Waals surface area (Å²) in [7, 11) is 0. The molecule has 0 aliphatic rings. The lowest BCUT2D eigenvalue weighted by Crippen LogP contribution is -1.99. The van der Waals surface area contributed by atoms with Crippen LogP contribution < -0.4 is 0 Å². The van der Waals surface area contributed by atoms with Crippen LogP contribution in [0.3, 0.4) is 0 Å². The molecule has 0 aliphatic heterocycles. The smallest absolute Gasteiger partial charge is 0.135 e. The minimum atomic E-state index is -3.03. The first kappa shape index (κ1) is 36.3. The summed E-state index contributed by atoms with van der Waals surface area (Å²) < 4.78 is 133. The van der Waals surface area contributed by atoms with E-state index in [4.69, 9.17) is 4.98 Å². The molecule has 0 bridgehead atoms. The highest BCUT2D eigenvalue weighted by Gasteiger charge is 2.18. The number of aryl methyl sites for hydroxylation is 4. The molecule has 0 amide bonds. The predicted octanol–water partition coefficient (Wildman–Crippen LogP) is 15.5. The first-order valence-electron chi connectivity index (χ1n) is 26.0. The van der Waals surface area contributed by atoms with E-state index in [9.17, 15) is 33.8 Å². The third kappa shape index (κ3) is 10.1. The van der Waals surface area contributed by atoms with E-state index in [0.717, 1.165) is 47.3 Å². The molecule has 0 saturated heterocycles. The molecule has 0 fully saturated rings. The molecule has 7 aromatic carbocycles. The Balaban J connectivity index is 1.14. The molecule has 4 nitrogen and oxygen atoms in total. The van der Waals surface area contributed by atoms with Crippen molar-refractivity contribution in [1.82, 2.24) is 15.0 Å². The lowest BCUT2D eigenvalue weighted by atomic mass is 9.87. The molecular weight excluding hydrogens is 877 g/mol. The molecule has 10 aromatic rings.